The van der Waals surface area contributed by atoms with Crippen LogP contribution in [0, 0.1) is 0 Å². The van der Waals surface area contributed by atoms with Gasteiger partial charge >= 0.3 is 0 Å². The largest absolute Gasteiger partial charge is 0.399 e. The van der Waals surface area contributed by atoms with Crippen molar-refractivity contribution in [1.29, 1.82) is 0 Å². The van der Waals surface area contributed by atoms with Crippen molar-refractivity contribution in [3.05, 3.63) is 29.8 Å². The zero-order valence-electron chi connectivity index (χ0n) is 11.5. The number of benzene rings is 1. The molecule has 0 atom stereocenters. The molecule has 0 fully saturated rings. The molecule has 0 unspecified atom stereocenters. The summed E-state index contributed by atoms with van der Waals surface area (Å²) in [6.45, 7) is 5.92. The van der Waals surface area contributed by atoms with Crippen molar-refractivity contribution in [2.24, 2.45) is 0 Å². The highest BCUT2D eigenvalue weighted by Gasteiger charge is 2.11. The second-order valence-corrected chi connectivity index (χ2v) is 4.58. The Morgan fingerprint density at radius 2 is 1.78 bits per heavy atom. The van der Waals surface area contributed by atoms with E-state index in [1.165, 1.54) is 0 Å². The zero-order chi connectivity index (χ0) is 13.4. The normalized spacial score (nSPS) is 10.3. The van der Waals surface area contributed by atoms with Crippen molar-refractivity contribution in [3.63, 3.8) is 0 Å². The molecule has 0 saturated heterocycles. The maximum absolute atomic E-state index is 12.1. The predicted molar refractivity (Wildman–Crippen MR) is 76.3 cm³/mol. The Balaban J connectivity index is 2.51. The van der Waals surface area contributed by atoms with Crippen LogP contribution in [-0.2, 0) is 11.2 Å². The molecule has 0 radical (unpaired) electrons. The van der Waals surface area contributed by atoms with Crippen molar-refractivity contribution < 1.29 is 4.79 Å². The van der Waals surface area contributed by atoms with Gasteiger partial charge in [-0.15, -0.1) is 0 Å². The van der Waals surface area contributed by atoms with Crippen LogP contribution in [-0.4, -0.2) is 23.9 Å². The Morgan fingerprint density at radius 3 is 2.33 bits per heavy atom. The highest BCUT2D eigenvalue weighted by molar-refractivity contribution is 5.76. The summed E-state index contributed by atoms with van der Waals surface area (Å²) in [4.78, 5) is 14.1. The standard InChI is InChI=1S/C15H24N2O/c1-3-11-17(12-4-2)15(18)10-9-13-7-5-6-8-14(13)16/h5-8H,3-4,9-12,16H2,1-2H3. The van der Waals surface area contributed by atoms with Crippen molar-refractivity contribution in [2.75, 3.05) is 18.8 Å². The fraction of sp³-hybridized carbons (Fsp3) is 0.533. The van der Waals surface area contributed by atoms with Crippen LogP contribution >= 0.6 is 0 Å². The van der Waals surface area contributed by atoms with Gasteiger partial charge in [-0.05, 0) is 30.9 Å². The zero-order valence-corrected chi connectivity index (χ0v) is 11.5. The van der Waals surface area contributed by atoms with Crippen LogP contribution in [0.1, 0.15) is 38.7 Å². The average molecular weight is 248 g/mol. The minimum Gasteiger partial charge on any atom is -0.399 e. The van der Waals surface area contributed by atoms with E-state index < -0.39 is 0 Å². The van der Waals surface area contributed by atoms with Crippen LogP contribution in [0.25, 0.3) is 0 Å². The molecular formula is C15H24N2O. The third kappa shape index (κ3) is 4.40. The Kier molecular flexibility index (Phi) is 6.26. The number of nitrogens with zero attached hydrogens (tertiary/aromatic N) is 1. The minimum absolute atomic E-state index is 0.238. The number of amides is 1. The van der Waals surface area contributed by atoms with Gasteiger partial charge < -0.3 is 10.6 Å². The van der Waals surface area contributed by atoms with Crippen molar-refractivity contribution in [2.45, 2.75) is 39.5 Å². The monoisotopic (exact) mass is 248 g/mol. The molecule has 1 rings (SSSR count). The molecule has 2 N–H and O–H groups in total. The van der Waals surface area contributed by atoms with E-state index in [0.29, 0.717) is 6.42 Å². The molecule has 0 aliphatic rings. The van der Waals surface area contributed by atoms with Crippen molar-refractivity contribution >= 4 is 11.6 Å². The van der Waals surface area contributed by atoms with Gasteiger partial charge in [-0.2, -0.15) is 0 Å². The maximum Gasteiger partial charge on any atom is 0.222 e. The summed E-state index contributed by atoms with van der Waals surface area (Å²) in [5.41, 5.74) is 7.72. The lowest BCUT2D eigenvalue weighted by molar-refractivity contribution is -0.131. The number of carbonyl (C=O) groups is 1. The molecule has 3 nitrogen and oxygen atoms in total. The lowest BCUT2D eigenvalue weighted by Gasteiger charge is -2.21. The molecule has 0 aliphatic heterocycles. The smallest absolute Gasteiger partial charge is 0.222 e. The summed E-state index contributed by atoms with van der Waals surface area (Å²) >= 11 is 0. The predicted octanol–water partition coefficient (Wildman–Crippen LogP) is 2.85. The summed E-state index contributed by atoms with van der Waals surface area (Å²) < 4.78 is 0. The van der Waals surface area contributed by atoms with Gasteiger partial charge in [0.2, 0.25) is 5.91 Å². The summed E-state index contributed by atoms with van der Waals surface area (Å²) in [5.74, 6) is 0.238. The molecule has 3 heteroatoms. The van der Waals surface area contributed by atoms with E-state index in [1.54, 1.807) is 0 Å². The first-order chi connectivity index (χ1) is 8.69. The molecule has 0 bridgehead atoms. The minimum atomic E-state index is 0.238. The molecule has 0 aliphatic carbocycles. The number of rotatable bonds is 7. The van der Waals surface area contributed by atoms with Crippen LogP contribution in [0.15, 0.2) is 24.3 Å². The molecule has 0 heterocycles. The first-order valence-corrected chi connectivity index (χ1v) is 6.80. The molecule has 0 spiro atoms. The van der Waals surface area contributed by atoms with Gasteiger partial charge in [-0.1, -0.05) is 32.0 Å². The van der Waals surface area contributed by atoms with E-state index in [4.69, 9.17) is 5.73 Å². The van der Waals surface area contributed by atoms with Gasteiger partial charge in [0.15, 0.2) is 0 Å². The van der Waals surface area contributed by atoms with Gasteiger partial charge in [-0.3, -0.25) is 4.79 Å². The lowest BCUT2D eigenvalue weighted by Crippen LogP contribution is -2.32. The molecule has 1 aromatic carbocycles. The third-order valence-corrected chi connectivity index (χ3v) is 3.00. The summed E-state index contributed by atoms with van der Waals surface area (Å²) in [7, 11) is 0. The topological polar surface area (TPSA) is 46.3 Å². The molecule has 0 saturated carbocycles. The highest BCUT2D eigenvalue weighted by Crippen LogP contribution is 2.13. The fourth-order valence-corrected chi connectivity index (χ4v) is 2.06. The highest BCUT2D eigenvalue weighted by atomic mass is 16.2. The van der Waals surface area contributed by atoms with Crippen LogP contribution in [0.5, 0.6) is 0 Å². The number of anilines is 1. The fourth-order valence-electron chi connectivity index (χ4n) is 2.06. The quantitative estimate of drug-likeness (QED) is 0.754. The Morgan fingerprint density at radius 1 is 1.17 bits per heavy atom. The van der Waals surface area contributed by atoms with Crippen LogP contribution in [0.3, 0.4) is 0 Å². The number of aryl methyl sites for hydroxylation is 1. The van der Waals surface area contributed by atoms with Crippen molar-refractivity contribution in [3.8, 4) is 0 Å². The number of hydrogen-bond donors (Lipinski definition) is 1. The molecular weight excluding hydrogens is 224 g/mol. The Bertz CT molecular complexity index is 371. The van der Waals surface area contributed by atoms with E-state index in [1.807, 2.05) is 29.2 Å². The summed E-state index contributed by atoms with van der Waals surface area (Å²) in [6.07, 6.45) is 3.31. The summed E-state index contributed by atoms with van der Waals surface area (Å²) in [5, 5.41) is 0. The van der Waals surface area contributed by atoms with Crippen molar-refractivity contribution in [1.82, 2.24) is 4.90 Å². The summed E-state index contributed by atoms with van der Waals surface area (Å²) in [6, 6.07) is 7.76. The van der Waals surface area contributed by atoms with E-state index in [-0.39, 0.29) is 5.91 Å². The number of nitrogens with two attached hydrogens (primary N) is 1. The second-order valence-electron chi connectivity index (χ2n) is 4.58. The van der Waals surface area contributed by atoms with Gasteiger partial charge in [0.05, 0.1) is 0 Å². The second kappa shape index (κ2) is 7.75. The first kappa shape index (κ1) is 14.6. The molecule has 0 aromatic heterocycles. The molecule has 1 amide bonds. The lowest BCUT2D eigenvalue weighted by atomic mass is 10.1. The van der Waals surface area contributed by atoms with Gasteiger partial charge in [0, 0.05) is 25.2 Å². The van der Waals surface area contributed by atoms with Crippen LogP contribution in [0.2, 0.25) is 0 Å². The van der Waals surface area contributed by atoms with Gasteiger partial charge in [-0.25, -0.2) is 0 Å². The third-order valence-electron chi connectivity index (χ3n) is 3.00. The Labute approximate surface area is 110 Å². The maximum atomic E-state index is 12.1. The van der Waals surface area contributed by atoms with E-state index in [2.05, 4.69) is 13.8 Å². The number of nitrogen functional groups attached to an aromatic ring is 1. The number of carbonyl (C=O) groups excluding carboxylic acids is 1. The SMILES string of the molecule is CCCN(CCC)C(=O)CCc1ccccc1N. The van der Waals surface area contributed by atoms with Gasteiger partial charge in [0.1, 0.15) is 0 Å². The van der Waals surface area contributed by atoms with Crippen LogP contribution in [0.4, 0.5) is 5.69 Å². The number of hydrogen-bond acceptors (Lipinski definition) is 2. The van der Waals surface area contributed by atoms with E-state index in [0.717, 1.165) is 43.6 Å². The van der Waals surface area contributed by atoms with Crippen LogP contribution < -0.4 is 5.73 Å². The number of para-hydroxylation sites is 1. The average Bonchev–Trinajstić information content (AvgIpc) is 2.37. The molecule has 18 heavy (non-hydrogen) atoms. The van der Waals surface area contributed by atoms with E-state index in [9.17, 15) is 4.79 Å². The first-order valence-electron chi connectivity index (χ1n) is 6.80. The Hall–Kier alpha value is -1.51. The van der Waals surface area contributed by atoms with E-state index >= 15 is 0 Å². The molecule has 1 aromatic rings. The van der Waals surface area contributed by atoms with Gasteiger partial charge in [0.25, 0.3) is 0 Å². The molecule has 100 valence electrons.